The molecule has 0 radical (unpaired) electrons. The van der Waals surface area contributed by atoms with Gasteiger partial charge in [0, 0.05) is 35.8 Å². The molecular weight excluding hydrogens is 450 g/mol. The second-order valence-corrected chi connectivity index (χ2v) is 9.85. The lowest BCUT2D eigenvalue weighted by atomic mass is 9.96. The summed E-state index contributed by atoms with van der Waals surface area (Å²) in [5.74, 6) is 1.44. The van der Waals surface area contributed by atoms with Gasteiger partial charge in [0.1, 0.15) is 22.5 Å². The summed E-state index contributed by atoms with van der Waals surface area (Å²) in [4.78, 5) is 39.1. The van der Waals surface area contributed by atoms with Gasteiger partial charge < -0.3 is 4.42 Å². The Morgan fingerprint density at radius 1 is 1.09 bits per heavy atom. The van der Waals surface area contributed by atoms with Gasteiger partial charge in [-0.1, -0.05) is 50.2 Å². The maximum absolute atomic E-state index is 12.9. The Labute approximate surface area is 193 Å². The molecule has 8 nitrogen and oxygen atoms in total. The molecule has 3 aromatic heterocycles. The number of halogens is 1. The van der Waals surface area contributed by atoms with Gasteiger partial charge in [-0.05, 0) is 18.2 Å². The molecule has 0 aliphatic rings. The number of hydrogen-bond donors (Lipinski definition) is 0. The van der Waals surface area contributed by atoms with E-state index in [-0.39, 0.29) is 5.41 Å². The third-order valence-corrected chi connectivity index (χ3v) is 6.16. The molecule has 0 N–H and O–H groups in total. The van der Waals surface area contributed by atoms with Crippen molar-refractivity contribution < 1.29 is 4.42 Å². The standard InChI is InChI=1S/C22H22ClN5O3S/c1-22(2,3)20-25-16-15(19(29)28(5)21(30)27(16)4)18(26-20)32-11-14-10-31-17(24-14)12-7-6-8-13(23)9-12/h6-10H,11H2,1-5H3. The van der Waals surface area contributed by atoms with E-state index in [0.717, 1.165) is 10.1 Å². The molecule has 4 aromatic rings. The lowest BCUT2D eigenvalue weighted by molar-refractivity contribution is 0.539. The zero-order chi connectivity index (χ0) is 23.2. The zero-order valence-electron chi connectivity index (χ0n) is 18.3. The van der Waals surface area contributed by atoms with E-state index in [2.05, 4.69) is 15.0 Å². The summed E-state index contributed by atoms with van der Waals surface area (Å²) >= 11 is 7.41. The summed E-state index contributed by atoms with van der Waals surface area (Å²) in [5, 5.41) is 1.41. The first kappa shape index (κ1) is 22.3. The number of oxazole rings is 1. The van der Waals surface area contributed by atoms with Gasteiger partial charge in [0.15, 0.2) is 5.65 Å². The van der Waals surface area contributed by atoms with Crippen LogP contribution in [0.5, 0.6) is 0 Å². The molecule has 0 unspecified atom stereocenters. The normalized spacial score (nSPS) is 11.9. The quantitative estimate of drug-likeness (QED) is 0.328. The fourth-order valence-electron chi connectivity index (χ4n) is 3.14. The van der Waals surface area contributed by atoms with Crippen molar-refractivity contribution in [3.8, 4) is 11.5 Å². The van der Waals surface area contributed by atoms with Gasteiger partial charge in [0.25, 0.3) is 5.56 Å². The number of aromatic nitrogens is 5. The van der Waals surface area contributed by atoms with Crippen molar-refractivity contribution >= 4 is 34.4 Å². The van der Waals surface area contributed by atoms with Crippen molar-refractivity contribution in [2.45, 2.75) is 37.0 Å². The summed E-state index contributed by atoms with van der Waals surface area (Å²) in [6, 6.07) is 7.26. The highest BCUT2D eigenvalue weighted by Crippen LogP contribution is 2.30. The molecule has 0 bridgehead atoms. The van der Waals surface area contributed by atoms with Crippen molar-refractivity contribution in [2.75, 3.05) is 0 Å². The van der Waals surface area contributed by atoms with Crippen LogP contribution in [0.25, 0.3) is 22.5 Å². The van der Waals surface area contributed by atoms with Crippen molar-refractivity contribution in [1.82, 2.24) is 24.1 Å². The summed E-state index contributed by atoms with van der Waals surface area (Å²) in [5.41, 5.74) is 0.565. The van der Waals surface area contributed by atoms with E-state index in [1.54, 1.807) is 25.4 Å². The second kappa shape index (κ2) is 8.22. The molecule has 0 aliphatic heterocycles. The monoisotopic (exact) mass is 471 g/mol. The number of fused-ring (bicyclic) bond motifs is 1. The molecule has 0 atom stereocenters. The fourth-order valence-corrected chi connectivity index (χ4v) is 4.22. The molecule has 10 heteroatoms. The lowest BCUT2D eigenvalue weighted by Gasteiger charge is -2.19. The number of rotatable bonds is 4. The van der Waals surface area contributed by atoms with Gasteiger partial charge in [0.2, 0.25) is 5.89 Å². The molecule has 0 fully saturated rings. The Kier molecular flexibility index (Phi) is 5.72. The predicted molar refractivity (Wildman–Crippen MR) is 125 cm³/mol. The third-order valence-electron chi connectivity index (χ3n) is 4.92. The Bertz CT molecular complexity index is 1450. The minimum absolute atomic E-state index is 0.311. The van der Waals surface area contributed by atoms with Crippen LogP contribution < -0.4 is 11.2 Å². The Balaban J connectivity index is 1.76. The molecule has 0 saturated heterocycles. The van der Waals surface area contributed by atoms with E-state index in [1.807, 2.05) is 32.9 Å². The Hall–Kier alpha value is -2.91. The summed E-state index contributed by atoms with van der Waals surface area (Å²) < 4.78 is 8.06. The first-order valence-corrected chi connectivity index (χ1v) is 11.2. The molecule has 3 heterocycles. The van der Waals surface area contributed by atoms with Crippen LogP contribution in [0.4, 0.5) is 0 Å². The number of aryl methyl sites for hydroxylation is 1. The second-order valence-electron chi connectivity index (χ2n) is 8.45. The Morgan fingerprint density at radius 2 is 1.84 bits per heavy atom. The highest BCUT2D eigenvalue weighted by atomic mass is 35.5. The number of benzene rings is 1. The topological polar surface area (TPSA) is 95.8 Å². The van der Waals surface area contributed by atoms with E-state index in [0.29, 0.717) is 44.2 Å². The van der Waals surface area contributed by atoms with E-state index in [1.165, 1.54) is 23.4 Å². The van der Waals surface area contributed by atoms with E-state index in [9.17, 15) is 9.59 Å². The van der Waals surface area contributed by atoms with Crippen LogP contribution >= 0.6 is 23.4 Å². The minimum Gasteiger partial charge on any atom is -0.444 e. The van der Waals surface area contributed by atoms with E-state index in [4.69, 9.17) is 16.0 Å². The highest BCUT2D eigenvalue weighted by Gasteiger charge is 2.24. The molecule has 1 aromatic carbocycles. The molecular formula is C22H22ClN5O3S. The van der Waals surface area contributed by atoms with Crippen molar-refractivity contribution in [2.24, 2.45) is 14.1 Å². The van der Waals surface area contributed by atoms with Gasteiger partial charge in [-0.15, -0.1) is 0 Å². The molecule has 32 heavy (non-hydrogen) atoms. The van der Waals surface area contributed by atoms with E-state index >= 15 is 0 Å². The average Bonchev–Trinajstić information content (AvgIpc) is 3.22. The molecule has 4 rings (SSSR count). The van der Waals surface area contributed by atoms with Crippen molar-refractivity contribution in [3.63, 3.8) is 0 Å². The first-order valence-electron chi connectivity index (χ1n) is 9.87. The lowest BCUT2D eigenvalue weighted by Crippen LogP contribution is -2.38. The smallest absolute Gasteiger partial charge is 0.332 e. The van der Waals surface area contributed by atoms with Crippen LogP contribution in [0.3, 0.4) is 0 Å². The minimum atomic E-state index is -0.431. The summed E-state index contributed by atoms with van der Waals surface area (Å²) in [6.07, 6.45) is 1.57. The van der Waals surface area contributed by atoms with E-state index < -0.39 is 11.2 Å². The van der Waals surface area contributed by atoms with Gasteiger partial charge >= 0.3 is 5.69 Å². The number of nitrogens with zero attached hydrogens (tertiary/aromatic N) is 5. The SMILES string of the molecule is Cn1c(=O)c2c(SCc3coc(-c4cccc(Cl)c4)n3)nc(C(C)(C)C)nc2n(C)c1=O. The van der Waals surface area contributed by atoms with Gasteiger partial charge in [-0.2, -0.15) is 0 Å². The zero-order valence-corrected chi connectivity index (χ0v) is 19.9. The van der Waals surface area contributed by atoms with Gasteiger partial charge in [-0.3, -0.25) is 13.9 Å². The van der Waals surface area contributed by atoms with Crippen LogP contribution in [0, 0.1) is 0 Å². The molecule has 166 valence electrons. The van der Waals surface area contributed by atoms with Crippen LogP contribution in [0.15, 0.2) is 49.6 Å². The largest absolute Gasteiger partial charge is 0.444 e. The van der Waals surface area contributed by atoms with Crippen molar-refractivity contribution in [1.29, 1.82) is 0 Å². The summed E-state index contributed by atoms with van der Waals surface area (Å²) in [7, 11) is 3.05. The molecule has 0 saturated carbocycles. The van der Waals surface area contributed by atoms with Gasteiger partial charge in [0.05, 0.1) is 5.69 Å². The predicted octanol–water partition coefficient (Wildman–Crippen LogP) is 3.93. The van der Waals surface area contributed by atoms with Crippen LogP contribution in [-0.2, 0) is 25.3 Å². The van der Waals surface area contributed by atoms with Crippen molar-refractivity contribution in [3.05, 3.63) is 67.9 Å². The summed E-state index contributed by atoms with van der Waals surface area (Å²) in [6.45, 7) is 5.95. The van der Waals surface area contributed by atoms with Crippen LogP contribution in [-0.4, -0.2) is 24.1 Å². The Morgan fingerprint density at radius 3 is 2.53 bits per heavy atom. The molecule has 0 spiro atoms. The number of hydrogen-bond acceptors (Lipinski definition) is 7. The maximum atomic E-state index is 12.9. The maximum Gasteiger partial charge on any atom is 0.332 e. The molecule has 0 aliphatic carbocycles. The highest BCUT2D eigenvalue weighted by molar-refractivity contribution is 7.98. The third kappa shape index (κ3) is 4.10. The van der Waals surface area contributed by atoms with Gasteiger partial charge in [-0.25, -0.2) is 19.7 Å². The van der Waals surface area contributed by atoms with Crippen LogP contribution in [0.1, 0.15) is 32.3 Å². The number of thioether (sulfide) groups is 1. The van der Waals surface area contributed by atoms with Crippen LogP contribution in [0.2, 0.25) is 5.02 Å². The molecule has 0 amide bonds. The first-order chi connectivity index (χ1) is 15.1. The fraction of sp³-hybridized carbons (Fsp3) is 0.318. The average molecular weight is 472 g/mol.